The van der Waals surface area contributed by atoms with Crippen molar-refractivity contribution in [3.63, 3.8) is 0 Å². The molecule has 0 amide bonds. The smallest absolute Gasteiger partial charge is 0.0386 e. The van der Waals surface area contributed by atoms with Gasteiger partial charge in [0.1, 0.15) is 0 Å². The molecule has 0 aromatic rings. The van der Waals surface area contributed by atoms with Gasteiger partial charge in [-0.3, -0.25) is 0 Å². The van der Waals surface area contributed by atoms with Crippen LogP contribution in [0.1, 0.15) is 84.0 Å². The van der Waals surface area contributed by atoms with Crippen LogP contribution in [0.15, 0.2) is 0 Å². The van der Waals surface area contributed by atoms with Crippen molar-refractivity contribution in [2.24, 2.45) is 17.8 Å². The minimum Gasteiger partial charge on any atom is -0.0651 e. The largest absolute Gasteiger partial charge is 0.0651 e. The second-order valence-corrected chi connectivity index (χ2v) is 6.31. The van der Waals surface area contributed by atoms with Gasteiger partial charge in [0, 0.05) is 0 Å². The summed E-state index contributed by atoms with van der Waals surface area (Å²) in [6, 6.07) is 0. The first-order chi connectivity index (χ1) is 7.90. The van der Waals surface area contributed by atoms with Crippen molar-refractivity contribution in [1.29, 1.82) is 0 Å². The van der Waals surface area contributed by atoms with Crippen LogP contribution in [0, 0.1) is 17.8 Å². The van der Waals surface area contributed by atoms with E-state index in [0.29, 0.717) is 0 Å². The van der Waals surface area contributed by atoms with Crippen molar-refractivity contribution >= 4 is 0 Å². The third-order valence-electron chi connectivity index (χ3n) is 5.20. The molecule has 0 N–H and O–H groups in total. The van der Waals surface area contributed by atoms with Crippen molar-refractivity contribution in [2.45, 2.75) is 84.0 Å². The van der Waals surface area contributed by atoms with Gasteiger partial charge in [-0.1, -0.05) is 77.6 Å². The summed E-state index contributed by atoms with van der Waals surface area (Å²) in [6.07, 6.45) is 18.3. The third kappa shape index (κ3) is 3.50. The molecular weight excluding hydrogens is 192 g/mol. The molecule has 0 bridgehead atoms. The molecule has 0 radical (unpaired) electrons. The maximum absolute atomic E-state index is 2.43. The Morgan fingerprint density at radius 1 is 0.812 bits per heavy atom. The zero-order chi connectivity index (χ0) is 11.2. The minimum atomic E-state index is 1.07. The van der Waals surface area contributed by atoms with E-state index in [1.807, 2.05) is 0 Å². The molecule has 0 heterocycles. The van der Waals surface area contributed by atoms with Gasteiger partial charge in [-0.05, 0) is 24.2 Å². The lowest BCUT2D eigenvalue weighted by atomic mass is 9.73. The van der Waals surface area contributed by atoms with Gasteiger partial charge in [-0.2, -0.15) is 0 Å². The number of hydrogen-bond donors (Lipinski definition) is 0. The minimum absolute atomic E-state index is 1.07. The van der Waals surface area contributed by atoms with E-state index in [1.165, 1.54) is 44.9 Å². The summed E-state index contributed by atoms with van der Waals surface area (Å²) in [4.78, 5) is 0. The molecule has 0 heteroatoms. The quantitative estimate of drug-likeness (QED) is 0.584. The van der Waals surface area contributed by atoms with Gasteiger partial charge in [0.15, 0.2) is 0 Å². The highest BCUT2D eigenvalue weighted by Crippen LogP contribution is 2.38. The Morgan fingerprint density at radius 2 is 1.38 bits per heavy atom. The lowest BCUT2D eigenvalue weighted by Crippen LogP contribution is -2.21. The average molecular weight is 222 g/mol. The van der Waals surface area contributed by atoms with Gasteiger partial charge in [0.25, 0.3) is 0 Å². The summed E-state index contributed by atoms with van der Waals surface area (Å²) in [5, 5.41) is 0. The van der Waals surface area contributed by atoms with Crippen molar-refractivity contribution < 1.29 is 0 Å². The molecule has 0 aromatic carbocycles. The SMILES string of the molecule is CCC(CC1CCCCC1)C1CCCCC1. The molecule has 2 saturated carbocycles. The Balaban J connectivity index is 1.78. The molecule has 0 aromatic heterocycles. The Morgan fingerprint density at radius 3 is 1.94 bits per heavy atom. The van der Waals surface area contributed by atoms with E-state index in [9.17, 15) is 0 Å². The van der Waals surface area contributed by atoms with Crippen LogP contribution in [0.5, 0.6) is 0 Å². The predicted octanol–water partition coefficient (Wildman–Crippen LogP) is 5.56. The van der Waals surface area contributed by atoms with E-state index >= 15 is 0 Å². The van der Waals surface area contributed by atoms with Gasteiger partial charge in [0.05, 0.1) is 0 Å². The molecule has 2 aliphatic rings. The Hall–Kier alpha value is 0. The Labute approximate surface area is 102 Å². The summed E-state index contributed by atoms with van der Waals surface area (Å²) in [6.45, 7) is 2.43. The summed E-state index contributed by atoms with van der Waals surface area (Å²) >= 11 is 0. The Bertz CT molecular complexity index is 172. The molecule has 1 unspecified atom stereocenters. The molecule has 2 fully saturated rings. The maximum atomic E-state index is 2.43. The van der Waals surface area contributed by atoms with Crippen molar-refractivity contribution in [3.8, 4) is 0 Å². The lowest BCUT2D eigenvalue weighted by Gasteiger charge is -2.33. The molecule has 94 valence electrons. The van der Waals surface area contributed by atoms with Gasteiger partial charge < -0.3 is 0 Å². The highest BCUT2D eigenvalue weighted by Gasteiger charge is 2.25. The highest BCUT2D eigenvalue weighted by atomic mass is 14.3. The van der Waals surface area contributed by atoms with Crippen LogP contribution in [-0.2, 0) is 0 Å². The third-order valence-corrected chi connectivity index (χ3v) is 5.20. The van der Waals surface area contributed by atoms with Crippen molar-refractivity contribution in [2.75, 3.05) is 0 Å². The topological polar surface area (TPSA) is 0 Å². The normalized spacial score (nSPS) is 26.8. The van der Waals surface area contributed by atoms with Crippen LogP contribution >= 0.6 is 0 Å². The summed E-state index contributed by atoms with van der Waals surface area (Å²) in [7, 11) is 0. The Kier molecular flexibility index (Phi) is 5.19. The fraction of sp³-hybridized carbons (Fsp3) is 1.00. The molecule has 0 spiro atoms. The lowest BCUT2D eigenvalue weighted by molar-refractivity contribution is 0.185. The van der Waals surface area contributed by atoms with Gasteiger partial charge in [0.2, 0.25) is 0 Å². The molecule has 1 atom stereocenters. The summed E-state index contributed by atoms with van der Waals surface area (Å²) in [5.74, 6) is 3.27. The van der Waals surface area contributed by atoms with E-state index in [2.05, 4.69) is 6.92 Å². The van der Waals surface area contributed by atoms with E-state index in [0.717, 1.165) is 17.8 Å². The summed E-state index contributed by atoms with van der Waals surface area (Å²) < 4.78 is 0. The van der Waals surface area contributed by atoms with Crippen molar-refractivity contribution in [3.05, 3.63) is 0 Å². The van der Waals surface area contributed by atoms with Crippen LogP contribution in [0.25, 0.3) is 0 Å². The molecule has 0 nitrogen and oxygen atoms in total. The first-order valence-electron chi connectivity index (χ1n) is 7.90. The molecule has 2 rings (SSSR count). The van der Waals surface area contributed by atoms with Crippen LogP contribution in [0.3, 0.4) is 0 Å². The number of rotatable bonds is 4. The molecule has 16 heavy (non-hydrogen) atoms. The second kappa shape index (κ2) is 6.67. The first-order valence-corrected chi connectivity index (χ1v) is 7.90. The van der Waals surface area contributed by atoms with Crippen molar-refractivity contribution in [1.82, 2.24) is 0 Å². The van der Waals surface area contributed by atoms with E-state index < -0.39 is 0 Å². The standard InChI is InChI=1S/C16H30/c1-2-15(16-11-7-4-8-12-16)13-14-9-5-3-6-10-14/h14-16H,2-13H2,1H3. The summed E-state index contributed by atoms with van der Waals surface area (Å²) in [5.41, 5.74) is 0. The molecule has 0 aliphatic heterocycles. The van der Waals surface area contributed by atoms with Crippen LogP contribution in [0.2, 0.25) is 0 Å². The van der Waals surface area contributed by atoms with Crippen LogP contribution in [-0.4, -0.2) is 0 Å². The molecule has 0 saturated heterocycles. The van der Waals surface area contributed by atoms with Crippen LogP contribution in [0.4, 0.5) is 0 Å². The van der Waals surface area contributed by atoms with E-state index in [-0.39, 0.29) is 0 Å². The predicted molar refractivity (Wildman–Crippen MR) is 71.5 cm³/mol. The fourth-order valence-corrected chi connectivity index (χ4v) is 4.15. The van der Waals surface area contributed by atoms with Crippen LogP contribution < -0.4 is 0 Å². The second-order valence-electron chi connectivity index (χ2n) is 6.31. The maximum Gasteiger partial charge on any atom is -0.0386 e. The fourth-order valence-electron chi connectivity index (χ4n) is 4.15. The van der Waals surface area contributed by atoms with Gasteiger partial charge >= 0.3 is 0 Å². The van der Waals surface area contributed by atoms with Gasteiger partial charge in [-0.15, -0.1) is 0 Å². The first kappa shape index (κ1) is 12.5. The molecule has 2 aliphatic carbocycles. The number of hydrogen-bond acceptors (Lipinski definition) is 0. The molecular formula is C16H30. The zero-order valence-electron chi connectivity index (χ0n) is 11.2. The monoisotopic (exact) mass is 222 g/mol. The zero-order valence-corrected chi connectivity index (χ0v) is 11.2. The highest BCUT2D eigenvalue weighted by molar-refractivity contribution is 4.77. The average Bonchev–Trinajstić information content (AvgIpc) is 2.38. The van der Waals surface area contributed by atoms with Gasteiger partial charge in [-0.25, -0.2) is 0 Å². The van der Waals surface area contributed by atoms with E-state index in [4.69, 9.17) is 0 Å². The van der Waals surface area contributed by atoms with E-state index in [1.54, 1.807) is 32.1 Å².